The van der Waals surface area contributed by atoms with E-state index in [9.17, 15) is 4.39 Å². The number of rotatable bonds is 4. The Balaban J connectivity index is 2.31. The van der Waals surface area contributed by atoms with Crippen LogP contribution in [0.25, 0.3) is 0 Å². The third-order valence-electron chi connectivity index (χ3n) is 2.41. The standard InChI is InChI=1S/C11H13FN6O/c12-7-3-1-2-4-8(7)15-16-9-10(13)17-18(5-6-19)11(9)14/h1-4,19H,5-6,14H2,(H2,13,17). The van der Waals surface area contributed by atoms with Crippen LogP contribution in [-0.4, -0.2) is 21.5 Å². The number of halogens is 1. The zero-order chi connectivity index (χ0) is 13.8. The quantitative estimate of drug-likeness (QED) is 0.727. The summed E-state index contributed by atoms with van der Waals surface area (Å²) >= 11 is 0. The molecule has 1 aromatic heterocycles. The van der Waals surface area contributed by atoms with E-state index in [2.05, 4.69) is 15.3 Å². The van der Waals surface area contributed by atoms with Gasteiger partial charge >= 0.3 is 0 Å². The predicted molar refractivity (Wildman–Crippen MR) is 68.7 cm³/mol. The second-order valence-corrected chi connectivity index (χ2v) is 3.72. The Kier molecular flexibility index (Phi) is 3.71. The van der Waals surface area contributed by atoms with Crippen LogP contribution < -0.4 is 11.5 Å². The van der Waals surface area contributed by atoms with Gasteiger partial charge in [-0.2, -0.15) is 5.10 Å². The Morgan fingerprint density at radius 2 is 2.00 bits per heavy atom. The summed E-state index contributed by atoms with van der Waals surface area (Å²) in [5.41, 5.74) is 11.6. The fourth-order valence-corrected chi connectivity index (χ4v) is 1.49. The van der Waals surface area contributed by atoms with Crippen molar-refractivity contribution in [1.82, 2.24) is 9.78 Å². The Labute approximate surface area is 108 Å². The first-order valence-electron chi connectivity index (χ1n) is 5.52. The van der Waals surface area contributed by atoms with Gasteiger partial charge in [-0.05, 0) is 12.1 Å². The Hall–Kier alpha value is -2.48. The number of azo groups is 1. The van der Waals surface area contributed by atoms with Crippen LogP contribution in [0.1, 0.15) is 0 Å². The van der Waals surface area contributed by atoms with Crippen molar-refractivity contribution in [3.8, 4) is 0 Å². The summed E-state index contributed by atoms with van der Waals surface area (Å²) in [5, 5.41) is 20.3. The molecular formula is C11H13FN6O. The average molecular weight is 264 g/mol. The first-order chi connectivity index (χ1) is 9.13. The minimum absolute atomic E-state index is 0.0750. The summed E-state index contributed by atoms with van der Waals surface area (Å²) in [7, 11) is 0. The highest BCUT2D eigenvalue weighted by atomic mass is 19.1. The van der Waals surface area contributed by atoms with Crippen LogP contribution >= 0.6 is 0 Å². The average Bonchev–Trinajstić information content (AvgIpc) is 2.65. The molecule has 0 amide bonds. The van der Waals surface area contributed by atoms with E-state index in [-0.39, 0.29) is 36.2 Å². The number of aliphatic hydroxyl groups excluding tert-OH is 1. The molecule has 8 heteroatoms. The molecule has 0 unspecified atom stereocenters. The van der Waals surface area contributed by atoms with Crippen molar-refractivity contribution in [3.63, 3.8) is 0 Å². The number of hydrogen-bond acceptors (Lipinski definition) is 6. The lowest BCUT2D eigenvalue weighted by atomic mass is 10.3. The van der Waals surface area contributed by atoms with Crippen molar-refractivity contribution in [2.75, 3.05) is 18.1 Å². The van der Waals surface area contributed by atoms with Crippen molar-refractivity contribution in [3.05, 3.63) is 30.1 Å². The smallest absolute Gasteiger partial charge is 0.175 e. The minimum atomic E-state index is -0.494. The van der Waals surface area contributed by atoms with Gasteiger partial charge in [0.15, 0.2) is 23.1 Å². The largest absolute Gasteiger partial charge is 0.394 e. The summed E-state index contributed by atoms with van der Waals surface area (Å²) in [5.74, 6) is -0.246. The number of hydrogen-bond donors (Lipinski definition) is 3. The van der Waals surface area contributed by atoms with Gasteiger partial charge in [-0.1, -0.05) is 12.1 Å². The number of benzene rings is 1. The molecule has 19 heavy (non-hydrogen) atoms. The molecule has 1 aromatic carbocycles. The van der Waals surface area contributed by atoms with Crippen molar-refractivity contribution in [2.24, 2.45) is 10.2 Å². The maximum Gasteiger partial charge on any atom is 0.175 e. The van der Waals surface area contributed by atoms with Gasteiger partial charge in [0.05, 0.1) is 13.2 Å². The zero-order valence-electron chi connectivity index (χ0n) is 9.99. The molecule has 0 radical (unpaired) electrons. The van der Waals surface area contributed by atoms with E-state index < -0.39 is 5.82 Å². The molecule has 0 aliphatic carbocycles. The fourth-order valence-electron chi connectivity index (χ4n) is 1.49. The first-order valence-corrected chi connectivity index (χ1v) is 5.52. The van der Waals surface area contributed by atoms with Gasteiger partial charge in [0, 0.05) is 0 Å². The van der Waals surface area contributed by atoms with Crippen molar-refractivity contribution < 1.29 is 9.50 Å². The summed E-state index contributed by atoms with van der Waals surface area (Å²) in [6.07, 6.45) is 0. The van der Waals surface area contributed by atoms with E-state index >= 15 is 0 Å². The highest BCUT2D eigenvalue weighted by Crippen LogP contribution is 2.30. The van der Waals surface area contributed by atoms with Crippen LogP contribution in [0.5, 0.6) is 0 Å². The Bertz CT molecular complexity index is 609. The summed E-state index contributed by atoms with van der Waals surface area (Å²) in [6, 6.07) is 5.94. The van der Waals surface area contributed by atoms with Crippen LogP contribution in [0, 0.1) is 5.82 Å². The molecule has 0 fully saturated rings. The van der Waals surface area contributed by atoms with E-state index in [1.54, 1.807) is 12.1 Å². The van der Waals surface area contributed by atoms with Gasteiger partial charge in [0.25, 0.3) is 0 Å². The Morgan fingerprint density at radius 1 is 1.26 bits per heavy atom. The number of anilines is 2. The van der Waals surface area contributed by atoms with Crippen molar-refractivity contribution >= 4 is 23.0 Å². The number of aliphatic hydroxyl groups is 1. The molecule has 0 saturated heterocycles. The second-order valence-electron chi connectivity index (χ2n) is 3.72. The molecule has 0 saturated carbocycles. The Morgan fingerprint density at radius 3 is 2.68 bits per heavy atom. The van der Waals surface area contributed by atoms with Crippen LogP contribution in [0.15, 0.2) is 34.5 Å². The summed E-state index contributed by atoms with van der Waals surface area (Å²) in [6.45, 7) is 0.0699. The molecule has 2 aromatic rings. The molecule has 0 aliphatic rings. The van der Waals surface area contributed by atoms with Crippen LogP contribution in [-0.2, 0) is 6.54 Å². The highest BCUT2D eigenvalue weighted by Gasteiger charge is 2.12. The van der Waals surface area contributed by atoms with E-state index in [1.165, 1.54) is 16.8 Å². The third kappa shape index (κ3) is 2.68. The minimum Gasteiger partial charge on any atom is -0.394 e. The SMILES string of the molecule is Nc1nn(CCO)c(N)c1N=Nc1ccccc1F. The second kappa shape index (κ2) is 5.44. The van der Waals surface area contributed by atoms with Crippen molar-refractivity contribution in [1.29, 1.82) is 0 Å². The zero-order valence-corrected chi connectivity index (χ0v) is 9.99. The predicted octanol–water partition coefficient (Wildman–Crippen LogP) is 1.59. The highest BCUT2D eigenvalue weighted by molar-refractivity contribution is 5.71. The van der Waals surface area contributed by atoms with E-state index in [0.717, 1.165) is 0 Å². The molecule has 7 nitrogen and oxygen atoms in total. The normalized spacial score (nSPS) is 11.3. The number of nitrogens with two attached hydrogens (primary N) is 2. The summed E-state index contributed by atoms with van der Waals surface area (Å²) < 4.78 is 14.7. The number of nitrogens with zero attached hydrogens (tertiary/aromatic N) is 4. The van der Waals surface area contributed by atoms with Crippen LogP contribution in [0.3, 0.4) is 0 Å². The monoisotopic (exact) mass is 264 g/mol. The van der Waals surface area contributed by atoms with Crippen LogP contribution in [0.2, 0.25) is 0 Å². The lowest BCUT2D eigenvalue weighted by Gasteiger charge is -1.99. The summed E-state index contributed by atoms with van der Waals surface area (Å²) in [4.78, 5) is 0. The van der Waals surface area contributed by atoms with Gasteiger partial charge in [-0.3, -0.25) is 0 Å². The van der Waals surface area contributed by atoms with Crippen molar-refractivity contribution in [2.45, 2.75) is 6.54 Å². The molecular weight excluding hydrogens is 251 g/mol. The molecule has 0 aliphatic heterocycles. The van der Waals surface area contributed by atoms with E-state index in [1.807, 2.05) is 0 Å². The molecule has 0 bridgehead atoms. The molecule has 5 N–H and O–H groups in total. The molecule has 0 atom stereocenters. The van der Waals surface area contributed by atoms with Crippen LogP contribution in [0.4, 0.5) is 27.4 Å². The third-order valence-corrected chi connectivity index (χ3v) is 2.41. The topological polar surface area (TPSA) is 115 Å². The first kappa shape index (κ1) is 13.0. The maximum absolute atomic E-state index is 13.3. The number of aromatic nitrogens is 2. The molecule has 100 valence electrons. The van der Waals surface area contributed by atoms with E-state index in [4.69, 9.17) is 16.6 Å². The molecule has 1 heterocycles. The van der Waals surface area contributed by atoms with Gasteiger partial charge in [-0.15, -0.1) is 10.2 Å². The van der Waals surface area contributed by atoms with Gasteiger partial charge in [0.1, 0.15) is 5.69 Å². The maximum atomic E-state index is 13.3. The number of nitrogen functional groups attached to an aromatic ring is 2. The lowest BCUT2D eigenvalue weighted by Crippen LogP contribution is -2.07. The van der Waals surface area contributed by atoms with Gasteiger partial charge < -0.3 is 16.6 Å². The van der Waals surface area contributed by atoms with Gasteiger partial charge in [-0.25, -0.2) is 9.07 Å². The van der Waals surface area contributed by atoms with E-state index in [0.29, 0.717) is 0 Å². The molecule has 0 spiro atoms. The lowest BCUT2D eigenvalue weighted by molar-refractivity contribution is 0.271. The molecule has 2 rings (SSSR count). The fraction of sp³-hybridized carbons (Fsp3) is 0.182. The van der Waals surface area contributed by atoms with Gasteiger partial charge in [0.2, 0.25) is 0 Å².